The highest BCUT2D eigenvalue weighted by Gasteiger charge is 2.50. The van der Waals surface area contributed by atoms with Crippen molar-refractivity contribution in [3.8, 4) is 0 Å². The zero-order valence-corrected chi connectivity index (χ0v) is 17.2. The fourth-order valence-corrected chi connectivity index (χ4v) is 4.38. The number of piperazine rings is 1. The van der Waals surface area contributed by atoms with Crippen molar-refractivity contribution >= 4 is 11.6 Å². The Morgan fingerprint density at radius 1 is 1.00 bits per heavy atom. The van der Waals surface area contributed by atoms with Crippen molar-refractivity contribution < 1.29 is 9.18 Å². The van der Waals surface area contributed by atoms with Gasteiger partial charge < -0.3 is 4.90 Å². The highest BCUT2D eigenvalue weighted by Crippen LogP contribution is 2.43. The lowest BCUT2D eigenvalue weighted by Crippen LogP contribution is -2.55. The normalized spacial score (nSPS) is 19.1. The molecule has 0 bridgehead atoms. The average molecular weight is 396 g/mol. The van der Waals surface area contributed by atoms with Crippen LogP contribution in [0.5, 0.6) is 0 Å². The van der Waals surface area contributed by atoms with Crippen LogP contribution >= 0.6 is 0 Å². The number of hydrogen-bond donors (Lipinski definition) is 0. The van der Waals surface area contributed by atoms with Gasteiger partial charge in [0.2, 0.25) is 5.91 Å². The molecule has 4 rings (SSSR count). The van der Waals surface area contributed by atoms with E-state index in [9.17, 15) is 9.18 Å². The zero-order chi connectivity index (χ0) is 20.3. The Bertz CT molecular complexity index is 829. The van der Waals surface area contributed by atoms with E-state index in [2.05, 4.69) is 9.80 Å². The molecule has 1 amide bonds. The van der Waals surface area contributed by atoms with Crippen LogP contribution in [0.1, 0.15) is 31.7 Å². The Morgan fingerprint density at radius 3 is 2.28 bits per heavy atom. The van der Waals surface area contributed by atoms with Crippen LogP contribution in [-0.2, 0) is 11.3 Å². The van der Waals surface area contributed by atoms with E-state index in [1.165, 1.54) is 6.07 Å². The topological polar surface area (TPSA) is 26.8 Å². The summed E-state index contributed by atoms with van der Waals surface area (Å²) in [4.78, 5) is 19.5. The molecular weight excluding hydrogens is 365 g/mol. The Morgan fingerprint density at radius 2 is 1.66 bits per heavy atom. The molecule has 1 heterocycles. The molecule has 2 fully saturated rings. The molecule has 2 aromatic carbocycles. The van der Waals surface area contributed by atoms with Gasteiger partial charge in [-0.3, -0.25) is 14.6 Å². The van der Waals surface area contributed by atoms with Crippen LogP contribution in [0, 0.1) is 5.82 Å². The first-order chi connectivity index (χ1) is 14.1. The lowest BCUT2D eigenvalue weighted by Gasteiger charge is -2.41. The van der Waals surface area contributed by atoms with Crippen molar-refractivity contribution in [2.75, 3.05) is 37.6 Å². The fraction of sp³-hybridized carbons (Fsp3) is 0.458. The number of benzene rings is 2. The van der Waals surface area contributed by atoms with Gasteiger partial charge in [-0.15, -0.1) is 0 Å². The first kappa shape index (κ1) is 20.0. The maximum absolute atomic E-state index is 14.0. The van der Waals surface area contributed by atoms with Crippen molar-refractivity contribution in [3.63, 3.8) is 0 Å². The van der Waals surface area contributed by atoms with Gasteiger partial charge in [-0.25, -0.2) is 4.39 Å². The first-order valence-corrected chi connectivity index (χ1v) is 10.7. The van der Waals surface area contributed by atoms with Crippen LogP contribution in [0.3, 0.4) is 0 Å². The number of carbonyl (C=O) groups excluding carboxylic acids is 1. The molecule has 29 heavy (non-hydrogen) atoms. The summed E-state index contributed by atoms with van der Waals surface area (Å²) in [5.74, 6) is 0.0610. The number of hydrogen-bond acceptors (Lipinski definition) is 3. The van der Waals surface area contributed by atoms with Crippen LogP contribution in [0.25, 0.3) is 0 Å². The van der Waals surface area contributed by atoms with Gasteiger partial charge >= 0.3 is 0 Å². The molecule has 1 saturated heterocycles. The third kappa shape index (κ3) is 4.51. The summed E-state index contributed by atoms with van der Waals surface area (Å²) in [6.45, 7) is 7.16. The van der Waals surface area contributed by atoms with Gasteiger partial charge in [0.05, 0.1) is 0 Å². The molecule has 1 aliphatic heterocycles. The van der Waals surface area contributed by atoms with Gasteiger partial charge in [0.15, 0.2) is 0 Å². The molecule has 2 aromatic rings. The van der Waals surface area contributed by atoms with Gasteiger partial charge in [0.25, 0.3) is 0 Å². The lowest BCUT2D eigenvalue weighted by atomic mass is 10.1. The number of rotatable bonds is 7. The van der Waals surface area contributed by atoms with Crippen LogP contribution in [0.2, 0.25) is 0 Å². The number of amides is 1. The van der Waals surface area contributed by atoms with Crippen molar-refractivity contribution in [1.29, 1.82) is 0 Å². The van der Waals surface area contributed by atoms with E-state index >= 15 is 0 Å². The maximum atomic E-state index is 14.0. The van der Waals surface area contributed by atoms with E-state index in [1.807, 2.05) is 54.3 Å². The van der Waals surface area contributed by atoms with Crippen LogP contribution in [0.4, 0.5) is 10.1 Å². The first-order valence-electron chi connectivity index (χ1n) is 10.7. The third-order valence-corrected chi connectivity index (χ3v) is 6.35. The number of anilines is 1. The Hall–Kier alpha value is -2.24. The summed E-state index contributed by atoms with van der Waals surface area (Å²) in [6.07, 6.45) is 2.79. The van der Waals surface area contributed by atoms with E-state index in [0.717, 1.165) is 56.8 Å². The monoisotopic (exact) mass is 395 g/mol. The summed E-state index contributed by atoms with van der Waals surface area (Å²) < 4.78 is 14.0. The molecule has 0 aromatic heterocycles. The van der Waals surface area contributed by atoms with Crippen LogP contribution < -0.4 is 4.90 Å². The van der Waals surface area contributed by atoms with Crippen molar-refractivity contribution in [3.05, 3.63) is 66.0 Å². The van der Waals surface area contributed by atoms with E-state index in [1.54, 1.807) is 6.07 Å². The molecule has 154 valence electrons. The van der Waals surface area contributed by atoms with Crippen LogP contribution in [0.15, 0.2) is 54.6 Å². The Balaban J connectivity index is 1.39. The summed E-state index contributed by atoms with van der Waals surface area (Å²) >= 11 is 0. The predicted octanol–water partition coefficient (Wildman–Crippen LogP) is 3.92. The minimum Gasteiger partial charge on any atom is -0.311 e. The molecule has 1 saturated carbocycles. The van der Waals surface area contributed by atoms with E-state index < -0.39 is 0 Å². The number of para-hydroxylation sites is 1. The van der Waals surface area contributed by atoms with Crippen molar-refractivity contribution in [2.45, 2.75) is 38.3 Å². The Labute approximate surface area is 172 Å². The number of carbonyl (C=O) groups is 1. The van der Waals surface area contributed by atoms with Crippen LogP contribution in [-0.4, -0.2) is 54.0 Å². The molecule has 0 atom stereocenters. The summed E-state index contributed by atoms with van der Waals surface area (Å²) in [5, 5.41) is 0. The van der Waals surface area contributed by atoms with Gasteiger partial charge in [0, 0.05) is 62.5 Å². The lowest BCUT2D eigenvalue weighted by molar-refractivity contribution is -0.118. The Kier molecular flexibility index (Phi) is 5.97. The minimum atomic E-state index is -0.120. The van der Waals surface area contributed by atoms with E-state index in [4.69, 9.17) is 0 Å². The van der Waals surface area contributed by atoms with E-state index in [0.29, 0.717) is 13.0 Å². The largest absolute Gasteiger partial charge is 0.311 e. The highest BCUT2D eigenvalue weighted by molar-refractivity contribution is 5.93. The molecule has 1 aliphatic carbocycles. The second-order valence-corrected chi connectivity index (χ2v) is 8.25. The molecule has 0 radical (unpaired) electrons. The third-order valence-electron chi connectivity index (χ3n) is 6.35. The quantitative estimate of drug-likeness (QED) is 0.711. The summed E-state index contributed by atoms with van der Waals surface area (Å²) in [6, 6.07) is 17.1. The van der Waals surface area contributed by atoms with E-state index in [-0.39, 0.29) is 17.3 Å². The minimum absolute atomic E-state index is 0.102. The second kappa shape index (κ2) is 8.64. The number of nitrogens with zero attached hydrogens (tertiary/aromatic N) is 3. The van der Waals surface area contributed by atoms with Gasteiger partial charge in [-0.1, -0.05) is 43.3 Å². The standard InChI is InChI=1S/C24H30FN3O/c1-2-23(29)28(21-9-4-3-5-10-21)19-24(12-13-24)27-16-14-26(15-17-27)18-20-8-6-7-11-22(20)25/h3-11H,2,12-19H2,1H3. The fourth-order valence-electron chi connectivity index (χ4n) is 4.38. The average Bonchev–Trinajstić information content (AvgIpc) is 3.55. The zero-order valence-electron chi connectivity index (χ0n) is 17.2. The molecule has 4 nitrogen and oxygen atoms in total. The summed E-state index contributed by atoms with van der Waals surface area (Å²) in [7, 11) is 0. The smallest absolute Gasteiger partial charge is 0.226 e. The van der Waals surface area contributed by atoms with Gasteiger partial charge in [-0.05, 0) is 31.0 Å². The van der Waals surface area contributed by atoms with Crippen molar-refractivity contribution in [1.82, 2.24) is 9.80 Å². The highest BCUT2D eigenvalue weighted by atomic mass is 19.1. The molecule has 0 N–H and O–H groups in total. The maximum Gasteiger partial charge on any atom is 0.226 e. The molecule has 2 aliphatic rings. The molecule has 0 spiro atoms. The second-order valence-electron chi connectivity index (χ2n) is 8.25. The van der Waals surface area contributed by atoms with Crippen molar-refractivity contribution in [2.24, 2.45) is 0 Å². The predicted molar refractivity (Wildman–Crippen MR) is 114 cm³/mol. The molecule has 0 unspecified atom stereocenters. The molecular formula is C24H30FN3O. The molecule has 5 heteroatoms. The van der Waals surface area contributed by atoms with Gasteiger partial charge in [-0.2, -0.15) is 0 Å². The summed E-state index contributed by atoms with van der Waals surface area (Å²) in [5.41, 5.74) is 1.86. The number of halogens is 1. The SMILES string of the molecule is CCC(=O)N(CC1(N2CCN(Cc3ccccc3F)CC2)CC1)c1ccccc1. The van der Waals surface area contributed by atoms with Gasteiger partial charge in [0.1, 0.15) is 5.82 Å².